The molecule has 0 aromatic heterocycles. The van der Waals surface area contributed by atoms with Crippen LogP contribution >= 0.6 is 23.2 Å². The molecule has 0 saturated heterocycles. The van der Waals surface area contributed by atoms with Crippen molar-refractivity contribution in [3.8, 4) is 5.75 Å². The van der Waals surface area contributed by atoms with Crippen molar-refractivity contribution in [1.82, 2.24) is 0 Å². The number of rotatable bonds is 4. The summed E-state index contributed by atoms with van der Waals surface area (Å²) in [5.41, 5.74) is 1.51. The summed E-state index contributed by atoms with van der Waals surface area (Å²) in [5.74, 6) is -0.476. The molecule has 2 aromatic carbocycles. The van der Waals surface area contributed by atoms with Crippen LogP contribution in [0.1, 0.15) is 15.9 Å². The first-order valence-corrected chi connectivity index (χ1v) is 6.86. The van der Waals surface area contributed by atoms with Gasteiger partial charge in [-0.2, -0.15) is 0 Å². The minimum Gasteiger partial charge on any atom is -0.506 e. The fraction of sp³-hybridized carbons (Fsp3) is 0.133. The molecule has 4 nitrogen and oxygen atoms in total. The second-order valence-electron chi connectivity index (χ2n) is 4.28. The van der Waals surface area contributed by atoms with Crippen LogP contribution in [-0.2, 0) is 11.3 Å². The van der Waals surface area contributed by atoms with Crippen molar-refractivity contribution < 1.29 is 14.6 Å². The summed E-state index contributed by atoms with van der Waals surface area (Å²) in [6, 6.07) is 9.94. The fourth-order valence-corrected chi connectivity index (χ4v) is 2.21. The number of para-hydroxylation sites is 1. The molecule has 0 radical (unpaired) electrons. The lowest BCUT2D eigenvalue weighted by molar-refractivity contribution is 0.0602. The van der Waals surface area contributed by atoms with Gasteiger partial charge in [0, 0.05) is 22.8 Å². The van der Waals surface area contributed by atoms with E-state index in [-0.39, 0.29) is 10.8 Å². The molecule has 0 heterocycles. The van der Waals surface area contributed by atoms with Crippen molar-refractivity contribution >= 4 is 34.9 Å². The maximum Gasteiger partial charge on any atom is 0.340 e. The Labute approximate surface area is 132 Å². The van der Waals surface area contributed by atoms with Crippen LogP contribution in [0.3, 0.4) is 0 Å². The molecule has 2 rings (SSSR count). The molecule has 0 amide bonds. The number of anilines is 1. The number of nitrogens with one attached hydrogen (secondary N) is 1. The summed E-state index contributed by atoms with van der Waals surface area (Å²) in [4.78, 5) is 11.7. The zero-order valence-electron chi connectivity index (χ0n) is 11.2. The molecule has 2 N–H and O–H groups in total. The number of phenols is 1. The highest BCUT2D eigenvalue weighted by Crippen LogP contribution is 2.28. The Kier molecular flexibility index (Phi) is 4.94. The standard InChI is InChI=1S/C15H13Cl2NO3/c1-21-15(20)11-7-10(16)5-6-13(11)18-8-9-3-2-4-12(17)14(9)19/h2-7,18-19H,8H2,1H3. The molecule has 110 valence electrons. The van der Waals surface area contributed by atoms with Crippen LogP contribution in [0.5, 0.6) is 5.75 Å². The van der Waals surface area contributed by atoms with E-state index in [4.69, 9.17) is 27.9 Å². The number of esters is 1. The lowest BCUT2D eigenvalue weighted by Gasteiger charge is -2.12. The Morgan fingerprint density at radius 2 is 2.05 bits per heavy atom. The number of benzene rings is 2. The van der Waals surface area contributed by atoms with Crippen molar-refractivity contribution in [2.45, 2.75) is 6.54 Å². The van der Waals surface area contributed by atoms with Crippen molar-refractivity contribution in [2.75, 3.05) is 12.4 Å². The molecule has 0 bridgehead atoms. The summed E-state index contributed by atoms with van der Waals surface area (Å²) in [6.45, 7) is 0.304. The molecule has 0 aliphatic rings. The highest BCUT2D eigenvalue weighted by Gasteiger charge is 2.13. The SMILES string of the molecule is COC(=O)c1cc(Cl)ccc1NCc1cccc(Cl)c1O. The van der Waals surface area contributed by atoms with Crippen molar-refractivity contribution in [3.63, 3.8) is 0 Å². The third kappa shape index (κ3) is 3.60. The summed E-state index contributed by atoms with van der Waals surface area (Å²) < 4.78 is 4.72. The predicted molar refractivity (Wildman–Crippen MR) is 83.2 cm³/mol. The molecular weight excluding hydrogens is 313 g/mol. The van der Waals surface area contributed by atoms with E-state index in [1.165, 1.54) is 13.2 Å². The van der Waals surface area contributed by atoms with Gasteiger partial charge in [-0.25, -0.2) is 4.79 Å². The molecule has 0 spiro atoms. The minimum absolute atomic E-state index is 0.0141. The van der Waals surface area contributed by atoms with Crippen LogP contribution in [0.4, 0.5) is 5.69 Å². The number of hydrogen-bond acceptors (Lipinski definition) is 4. The van der Waals surface area contributed by atoms with Crippen LogP contribution in [0.2, 0.25) is 10.0 Å². The molecule has 0 atom stereocenters. The maximum absolute atomic E-state index is 11.7. The summed E-state index contributed by atoms with van der Waals surface area (Å²) >= 11 is 11.7. The molecule has 2 aromatic rings. The fourth-order valence-electron chi connectivity index (χ4n) is 1.84. The van der Waals surface area contributed by atoms with E-state index < -0.39 is 5.97 Å². The van der Waals surface area contributed by atoms with E-state index in [1.54, 1.807) is 30.3 Å². The van der Waals surface area contributed by atoms with Gasteiger partial charge in [-0.3, -0.25) is 0 Å². The molecule has 0 aliphatic carbocycles. The van der Waals surface area contributed by atoms with Gasteiger partial charge >= 0.3 is 5.97 Å². The monoisotopic (exact) mass is 325 g/mol. The summed E-state index contributed by atoms with van der Waals surface area (Å²) in [7, 11) is 1.30. The third-order valence-electron chi connectivity index (χ3n) is 2.93. The Balaban J connectivity index is 2.24. The number of hydrogen-bond donors (Lipinski definition) is 2. The van der Waals surface area contributed by atoms with Crippen LogP contribution in [0.15, 0.2) is 36.4 Å². The van der Waals surface area contributed by atoms with E-state index in [0.29, 0.717) is 28.4 Å². The first-order valence-electron chi connectivity index (χ1n) is 6.11. The number of aromatic hydroxyl groups is 1. The largest absolute Gasteiger partial charge is 0.506 e. The number of halogens is 2. The van der Waals surface area contributed by atoms with Gasteiger partial charge in [0.15, 0.2) is 0 Å². The minimum atomic E-state index is -0.490. The van der Waals surface area contributed by atoms with Crippen LogP contribution in [-0.4, -0.2) is 18.2 Å². The molecule has 0 saturated carbocycles. The van der Waals surface area contributed by atoms with E-state index in [0.717, 1.165) is 0 Å². The van der Waals surface area contributed by atoms with E-state index in [2.05, 4.69) is 5.32 Å². The quantitative estimate of drug-likeness (QED) is 0.831. The Morgan fingerprint density at radius 1 is 1.29 bits per heavy atom. The molecule has 0 fully saturated rings. The molecule has 0 aliphatic heterocycles. The summed E-state index contributed by atoms with van der Waals surface area (Å²) in [5, 5.41) is 13.6. The van der Waals surface area contributed by atoms with Gasteiger partial charge < -0.3 is 15.2 Å². The summed E-state index contributed by atoms with van der Waals surface area (Å²) in [6.07, 6.45) is 0. The van der Waals surface area contributed by atoms with Crippen LogP contribution < -0.4 is 5.32 Å². The Hall–Kier alpha value is -1.91. The maximum atomic E-state index is 11.7. The van der Waals surface area contributed by atoms with Gasteiger partial charge in [-0.15, -0.1) is 0 Å². The van der Waals surface area contributed by atoms with Crippen molar-refractivity contribution in [2.24, 2.45) is 0 Å². The lowest BCUT2D eigenvalue weighted by Crippen LogP contribution is -2.08. The molecule has 6 heteroatoms. The van der Waals surface area contributed by atoms with E-state index in [1.807, 2.05) is 0 Å². The van der Waals surface area contributed by atoms with E-state index >= 15 is 0 Å². The molecule has 21 heavy (non-hydrogen) atoms. The lowest BCUT2D eigenvalue weighted by atomic mass is 10.1. The number of phenolic OH excluding ortho intramolecular Hbond substituents is 1. The van der Waals surface area contributed by atoms with Gasteiger partial charge in [0.05, 0.1) is 17.7 Å². The normalized spacial score (nSPS) is 10.2. The predicted octanol–water partition coefficient (Wildman–Crippen LogP) is 4.10. The number of ether oxygens (including phenoxy) is 1. The third-order valence-corrected chi connectivity index (χ3v) is 3.47. The van der Waals surface area contributed by atoms with Gasteiger partial charge in [0.1, 0.15) is 5.75 Å². The number of carbonyl (C=O) groups excluding carboxylic acids is 1. The van der Waals surface area contributed by atoms with Gasteiger partial charge in [0.2, 0.25) is 0 Å². The van der Waals surface area contributed by atoms with Crippen LogP contribution in [0.25, 0.3) is 0 Å². The van der Waals surface area contributed by atoms with Crippen molar-refractivity contribution in [1.29, 1.82) is 0 Å². The first kappa shape index (κ1) is 15.5. The smallest absolute Gasteiger partial charge is 0.340 e. The zero-order chi connectivity index (χ0) is 15.4. The van der Waals surface area contributed by atoms with Gasteiger partial charge in [-0.05, 0) is 24.3 Å². The highest BCUT2D eigenvalue weighted by atomic mass is 35.5. The second kappa shape index (κ2) is 6.70. The Bertz CT molecular complexity index is 674. The Morgan fingerprint density at radius 3 is 2.76 bits per heavy atom. The molecule has 0 unspecified atom stereocenters. The molecular formula is C15H13Cl2NO3. The topological polar surface area (TPSA) is 58.6 Å². The van der Waals surface area contributed by atoms with Crippen molar-refractivity contribution in [3.05, 3.63) is 57.6 Å². The van der Waals surface area contributed by atoms with Gasteiger partial charge in [-0.1, -0.05) is 35.3 Å². The van der Waals surface area contributed by atoms with E-state index in [9.17, 15) is 9.90 Å². The van der Waals surface area contributed by atoms with Crippen LogP contribution in [0, 0.1) is 0 Å². The first-order chi connectivity index (χ1) is 10.0. The second-order valence-corrected chi connectivity index (χ2v) is 5.13. The zero-order valence-corrected chi connectivity index (χ0v) is 12.7. The average Bonchev–Trinajstić information content (AvgIpc) is 2.49. The number of carbonyl (C=O) groups is 1. The number of methoxy groups -OCH3 is 1. The highest BCUT2D eigenvalue weighted by molar-refractivity contribution is 6.32. The van der Waals surface area contributed by atoms with Gasteiger partial charge in [0.25, 0.3) is 0 Å². The average molecular weight is 326 g/mol.